The van der Waals surface area contributed by atoms with Crippen LogP contribution in [0.2, 0.25) is 5.02 Å². The minimum Gasteiger partial charge on any atom is -0.508 e. The molecule has 0 saturated carbocycles. The number of nitrogens with one attached hydrogen (secondary N) is 1. The van der Waals surface area contributed by atoms with Gasteiger partial charge in [-0.3, -0.25) is 15.0 Å². The molecule has 0 fully saturated rings. The summed E-state index contributed by atoms with van der Waals surface area (Å²) in [4.78, 5) is 23.7. The van der Waals surface area contributed by atoms with Gasteiger partial charge in [-0.2, -0.15) is 4.98 Å². The number of guanidine groups is 1. The molecular weight excluding hydrogens is 454 g/mol. The van der Waals surface area contributed by atoms with Gasteiger partial charge in [0.15, 0.2) is 5.58 Å². The first-order valence-electron chi connectivity index (χ1n) is 10.5. The average Bonchev–Trinajstić information content (AvgIpc) is 3.22. The van der Waals surface area contributed by atoms with Crippen LogP contribution in [0.15, 0.2) is 93.5 Å². The molecule has 4 aromatic rings. The van der Waals surface area contributed by atoms with E-state index in [-0.39, 0.29) is 11.8 Å². The summed E-state index contributed by atoms with van der Waals surface area (Å²) in [7, 11) is 0. The number of halogens is 1. The molecule has 1 unspecified atom stereocenters. The quantitative estimate of drug-likeness (QED) is 0.385. The molecule has 0 spiro atoms. The minimum atomic E-state index is -0.744. The minimum absolute atomic E-state index is 0.108. The van der Waals surface area contributed by atoms with Crippen LogP contribution >= 0.6 is 11.6 Å². The number of para-hydroxylation sites is 2. The van der Waals surface area contributed by atoms with Gasteiger partial charge < -0.3 is 15.3 Å². The molecule has 1 amide bonds. The zero-order chi connectivity index (χ0) is 23.8. The monoisotopic (exact) mass is 473 g/mol. The summed E-state index contributed by atoms with van der Waals surface area (Å²) in [6, 6.07) is 20.5. The number of carbonyl (C=O) groups is 1. The van der Waals surface area contributed by atoms with E-state index in [0.29, 0.717) is 44.6 Å². The number of hydrogen-bond donors (Lipinski definition) is 3. The first-order chi connectivity index (χ1) is 16.4. The van der Waals surface area contributed by atoms with E-state index < -0.39 is 11.9 Å². The highest BCUT2D eigenvalue weighted by Gasteiger charge is 2.34. The average molecular weight is 474 g/mol. The summed E-state index contributed by atoms with van der Waals surface area (Å²) in [6.07, 6.45) is 0. The molecule has 0 radical (unpaired) electrons. The first-order valence-corrected chi connectivity index (χ1v) is 10.8. The number of hydrogen-bond acceptors (Lipinski definition) is 7. The van der Waals surface area contributed by atoms with Crippen molar-refractivity contribution >= 4 is 46.3 Å². The summed E-state index contributed by atoms with van der Waals surface area (Å²) < 4.78 is 5.84. The predicted molar refractivity (Wildman–Crippen MR) is 132 cm³/mol. The molecule has 0 saturated heterocycles. The second-order valence-electron chi connectivity index (χ2n) is 7.70. The lowest BCUT2D eigenvalue weighted by Gasteiger charge is -2.34. The van der Waals surface area contributed by atoms with E-state index >= 15 is 0 Å². The van der Waals surface area contributed by atoms with Crippen molar-refractivity contribution in [3.8, 4) is 5.75 Å². The van der Waals surface area contributed by atoms with E-state index in [4.69, 9.17) is 26.7 Å². The van der Waals surface area contributed by atoms with E-state index in [1.54, 1.807) is 54.3 Å². The maximum absolute atomic E-state index is 12.6. The maximum atomic E-state index is 12.6. The number of nitrogens with zero attached hydrogens (tertiary/aromatic N) is 3. The van der Waals surface area contributed by atoms with Gasteiger partial charge in [-0.05, 0) is 49.4 Å². The van der Waals surface area contributed by atoms with Gasteiger partial charge in [-0.1, -0.05) is 41.9 Å². The van der Waals surface area contributed by atoms with Crippen LogP contribution in [0.4, 0.5) is 11.7 Å². The number of phenols is 1. The van der Waals surface area contributed by atoms with Crippen molar-refractivity contribution in [2.45, 2.75) is 13.0 Å². The molecule has 0 bridgehead atoms. The normalized spacial score (nSPS) is 16.0. The molecule has 9 heteroatoms. The molecule has 1 aliphatic heterocycles. The van der Waals surface area contributed by atoms with Gasteiger partial charge in [-0.15, -0.1) is 0 Å². The van der Waals surface area contributed by atoms with Crippen molar-refractivity contribution < 1.29 is 14.3 Å². The molecule has 1 aromatic heterocycles. The zero-order valence-electron chi connectivity index (χ0n) is 18.1. The Labute approximate surface area is 200 Å². The van der Waals surface area contributed by atoms with Crippen molar-refractivity contribution in [1.29, 1.82) is 0 Å². The number of oxazole rings is 1. The largest absolute Gasteiger partial charge is 0.508 e. The molecule has 2 heterocycles. The van der Waals surface area contributed by atoms with Crippen LogP contribution in [0.1, 0.15) is 18.5 Å². The van der Waals surface area contributed by atoms with Gasteiger partial charge in [-0.25, -0.2) is 4.99 Å². The fraction of sp³-hybridized carbons (Fsp3) is 0.0800. The van der Waals surface area contributed by atoms with E-state index in [1.807, 2.05) is 30.3 Å². The third-order valence-corrected chi connectivity index (χ3v) is 5.89. The Bertz CT molecular complexity index is 1430. The molecule has 5 rings (SSSR count). The lowest BCUT2D eigenvalue weighted by atomic mass is 9.95. The predicted octanol–water partition coefficient (Wildman–Crippen LogP) is 4.98. The van der Waals surface area contributed by atoms with Crippen LogP contribution in [0.3, 0.4) is 0 Å². The van der Waals surface area contributed by atoms with Crippen molar-refractivity contribution in [2.24, 2.45) is 10.7 Å². The Morgan fingerprint density at radius 1 is 1.09 bits per heavy atom. The number of aliphatic imine (C=N–C) groups is 1. The highest BCUT2D eigenvalue weighted by molar-refractivity contribution is 6.31. The third-order valence-electron chi connectivity index (χ3n) is 5.55. The Morgan fingerprint density at radius 2 is 1.79 bits per heavy atom. The number of aromatic hydroxyl groups is 1. The van der Waals surface area contributed by atoms with E-state index in [9.17, 15) is 9.90 Å². The van der Waals surface area contributed by atoms with Gasteiger partial charge in [0.2, 0.25) is 11.9 Å². The van der Waals surface area contributed by atoms with Gasteiger partial charge in [0.25, 0.3) is 0 Å². The summed E-state index contributed by atoms with van der Waals surface area (Å²) in [5, 5.41) is 13.4. The topological polar surface area (TPSA) is 117 Å². The molecule has 1 aliphatic rings. The number of anilines is 2. The van der Waals surface area contributed by atoms with Crippen molar-refractivity contribution in [1.82, 2.24) is 4.98 Å². The summed E-state index contributed by atoms with van der Waals surface area (Å²) in [6.45, 7) is 1.78. The Morgan fingerprint density at radius 3 is 2.50 bits per heavy atom. The van der Waals surface area contributed by atoms with Crippen LogP contribution in [0.25, 0.3) is 11.1 Å². The number of allylic oxidation sites excluding steroid dienone is 1. The van der Waals surface area contributed by atoms with Crippen LogP contribution in [0, 0.1) is 0 Å². The Kier molecular flexibility index (Phi) is 5.43. The van der Waals surface area contributed by atoms with Crippen molar-refractivity contribution in [2.75, 3.05) is 10.2 Å². The van der Waals surface area contributed by atoms with Crippen LogP contribution < -0.4 is 16.0 Å². The SMILES string of the molecule is CC1=C(C(N)=O)C(c2ccccc2Cl)N=C(Nc2nc3ccccc3o2)N1c1ccc(O)cc1. The van der Waals surface area contributed by atoms with Gasteiger partial charge in [0.1, 0.15) is 17.3 Å². The molecule has 8 nitrogen and oxygen atoms in total. The van der Waals surface area contributed by atoms with Gasteiger partial charge >= 0.3 is 6.01 Å². The summed E-state index contributed by atoms with van der Waals surface area (Å²) in [5.74, 6) is -0.155. The van der Waals surface area contributed by atoms with Crippen molar-refractivity contribution in [3.63, 3.8) is 0 Å². The van der Waals surface area contributed by atoms with Crippen molar-refractivity contribution in [3.05, 3.63) is 94.7 Å². The fourth-order valence-electron chi connectivity index (χ4n) is 3.98. The first kappa shape index (κ1) is 21.5. The second-order valence-corrected chi connectivity index (χ2v) is 8.11. The molecule has 4 N–H and O–H groups in total. The number of nitrogens with two attached hydrogens (primary N) is 1. The number of phenolic OH excluding ortho intramolecular Hbond substituents is 1. The van der Waals surface area contributed by atoms with Gasteiger partial charge in [0, 0.05) is 22.0 Å². The lowest BCUT2D eigenvalue weighted by molar-refractivity contribution is -0.114. The van der Waals surface area contributed by atoms with E-state index in [0.717, 1.165) is 0 Å². The number of primary amides is 1. The summed E-state index contributed by atoms with van der Waals surface area (Å²) in [5.41, 5.74) is 9.26. The Hall–Kier alpha value is -4.30. The summed E-state index contributed by atoms with van der Waals surface area (Å²) >= 11 is 6.47. The number of rotatable bonds is 4. The zero-order valence-corrected chi connectivity index (χ0v) is 18.8. The second kappa shape index (κ2) is 8.57. The van der Waals surface area contributed by atoms with Crippen LogP contribution in [-0.2, 0) is 4.79 Å². The lowest BCUT2D eigenvalue weighted by Crippen LogP contribution is -2.41. The highest BCUT2D eigenvalue weighted by Crippen LogP contribution is 2.39. The molecule has 170 valence electrons. The third kappa shape index (κ3) is 3.84. The maximum Gasteiger partial charge on any atom is 0.302 e. The molecule has 0 aliphatic carbocycles. The van der Waals surface area contributed by atoms with E-state index in [1.165, 1.54) is 0 Å². The highest BCUT2D eigenvalue weighted by atomic mass is 35.5. The van der Waals surface area contributed by atoms with Crippen LogP contribution in [0.5, 0.6) is 5.75 Å². The smallest absolute Gasteiger partial charge is 0.302 e. The van der Waals surface area contributed by atoms with Gasteiger partial charge in [0.05, 0.1) is 5.57 Å². The molecule has 3 aromatic carbocycles. The number of benzene rings is 3. The van der Waals surface area contributed by atoms with E-state index in [2.05, 4.69) is 10.3 Å². The van der Waals surface area contributed by atoms with Crippen LogP contribution in [-0.4, -0.2) is 22.0 Å². The number of fused-ring (bicyclic) bond motifs is 1. The Balaban J connectivity index is 1.67. The fourth-order valence-corrected chi connectivity index (χ4v) is 4.22. The number of carbonyl (C=O) groups excluding carboxylic acids is 1. The molecule has 1 atom stereocenters. The molecule has 34 heavy (non-hydrogen) atoms. The molecular formula is C25H20ClN5O3. The standard InChI is InChI=1S/C25H20ClN5O3/c1-14-21(23(27)33)22(17-6-2-3-7-18(17)26)29-24(31(14)15-10-12-16(32)13-11-15)30-25-28-19-8-4-5-9-20(19)34-25/h2-13,22,32H,1H3,(H2,27,33)(H,28,29,30). The number of aromatic nitrogens is 1. The number of amides is 1.